The Morgan fingerprint density at radius 2 is 1.88 bits per heavy atom. The van der Waals surface area contributed by atoms with Crippen molar-refractivity contribution in [3.8, 4) is 22.8 Å². The first-order valence-electron chi connectivity index (χ1n) is 7.32. The van der Waals surface area contributed by atoms with Crippen molar-refractivity contribution in [1.82, 2.24) is 10.1 Å². The van der Waals surface area contributed by atoms with Crippen LogP contribution < -0.4 is 0 Å². The minimum absolute atomic E-state index is 0.0592. The second-order valence-electron chi connectivity index (χ2n) is 5.63. The third-order valence-corrected chi connectivity index (χ3v) is 4.00. The Morgan fingerprint density at radius 3 is 2.58 bits per heavy atom. The van der Waals surface area contributed by atoms with Crippen LogP contribution in [0.5, 0.6) is 0 Å². The number of benzene rings is 2. The van der Waals surface area contributed by atoms with Crippen LogP contribution in [0.25, 0.3) is 22.8 Å². The van der Waals surface area contributed by atoms with Crippen molar-refractivity contribution in [3.05, 3.63) is 58.4 Å². The number of nitrogens with zero attached hydrogens (tertiary/aromatic N) is 2. The molecular formula is C18H15FN2O3. The standard InChI is InChI=1S/C18H15FN2O3/c1-9-5-4-6-13(15(9)19)17-20-16(21-24-17)14-8-12(18(22)23)7-10(2)11(14)3/h4-8H,1-3H3,(H,22,23). The van der Waals surface area contributed by atoms with Crippen molar-refractivity contribution < 1.29 is 18.8 Å². The highest BCUT2D eigenvalue weighted by molar-refractivity contribution is 5.90. The maximum Gasteiger partial charge on any atom is 0.335 e. The second kappa shape index (κ2) is 5.88. The normalized spacial score (nSPS) is 10.8. The molecule has 0 amide bonds. The lowest BCUT2D eigenvalue weighted by Crippen LogP contribution is -2.00. The predicted octanol–water partition coefficient (Wildman–Crippen LogP) is 4.17. The van der Waals surface area contributed by atoms with Gasteiger partial charge >= 0.3 is 5.97 Å². The highest BCUT2D eigenvalue weighted by Crippen LogP contribution is 2.29. The Labute approximate surface area is 137 Å². The molecule has 2 aromatic carbocycles. The summed E-state index contributed by atoms with van der Waals surface area (Å²) >= 11 is 0. The maximum atomic E-state index is 14.2. The number of carboxylic acids is 1. The molecule has 0 aliphatic heterocycles. The summed E-state index contributed by atoms with van der Waals surface area (Å²) in [5, 5.41) is 13.1. The van der Waals surface area contributed by atoms with Gasteiger partial charge in [0.15, 0.2) is 0 Å². The Kier molecular flexibility index (Phi) is 3.89. The van der Waals surface area contributed by atoms with Crippen molar-refractivity contribution in [2.24, 2.45) is 0 Å². The Bertz CT molecular complexity index is 947. The molecule has 1 heterocycles. The summed E-state index contributed by atoms with van der Waals surface area (Å²) in [5.74, 6) is -1.16. The molecule has 0 fully saturated rings. The van der Waals surface area contributed by atoms with Crippen LogP contribution in [0.2, 0.25) is 0 Å². The zero-order valence-electron chi connectivity index (χ0n) is 13.4. The van der Waals surface area contributed by atoms with Crippen LogP contribution in [-0.2, 0) is 0 Å². The fourth-order valence-electron chi connectivity index (χ4n) is 2.47. The first-order chi connectivity index (χ1) is 11.4. The average Bonchev–Trinajstić information content (AvgIpc) is 3.01. The molecule has 0 saturated carbocycles. The number of aromatic nitrogens is 2. The predicted molar refractivity (Wildman–Crippen MR) is 86.3 cm³/mol. The summed E-state index contributed by atoms with van der Waals surface area (Å²) in [7, 11) is 0. The molecule has 5 nitrogen and oxygen atoms in total. The number of hydrogen-bond acceptors (Lipinski definition) is 4. The van der Waals surface area contributed by atoms with Crippen LogP contribution in [0.15, 0.2) is 34.9 Å². The molecule has 6 heteroatoms. The Balaban J connectivity index is 2.12. The molecular weight excluding hydrogens is 311 g/mol. The summed E-state index contributed by atoms with van der Waals surface area (Å²) in [6.45, 7) is 5.31. The van der Waals surface area contributed by atoms with E-state index in [1.165, 1.54) is 6.07 Å². The summed E-state index contributed by atoms with van der Waals surface area (Å²) in [6.07, 6.45) is 0. The molecule has 3 rings (SSSR count). The van der Waals surface area contributed by atoms with Crippen LogP contribution >= 0.6 is 0 Å². The SMILES string of the molecule is Cc1cc(C(=O)O)cc(-c2noc(-c3cccc(C)c3F)n2)c1C. The molecule has 24 heavy (non-hydrogen) atoms. The van der Waals surface area contributed by atoms with E-state index in [0.29, 0.717) is 11.1 Å². The highest BCUT2D eigenvalue weighted by atomic mass is 19.1. The molecule has 0 aliphatic rings. The number of rotatable bonds is 3. The van der Waals surface area contributed by atoms with Crippen LogP contribution in [0.1, 0.15) is 27.0 Å². The first kappa shape index (κ1) is 15.9. The summed E-state index contributed by atoms with van der Waals surface area (Å²) in [4.78, 5) is 15.5. The second-order valence-corrected chi connectivity index (χ2v) is 5.63. The topological polar surface area (TPSA) is 76.2 Å². The number of carboxylic acid groups (broad SMARTS) is 1. The minimum Gasteiger partial charge on any atom is -0.478 e. The van der Waals surface area contributed by atoms with Crippen molar-refractivity contribution >= 4 is 5.97 Å². The lowest BCUT2D eigenvalue weighted by molar-refractivity contribution is 0.0697. The van der Waals surface area contributed by atoms with E-state index in [2.05, 4.69) is 10.1 Å². The zero-order valence-corrected chi connectivity index (χ0v) is 13.4. The molecule has 1 aromatic heterocycles. The quantitative estimate of drug-likeness (QED) is 0.782. The Morgan fingerprint density at radius 1 is 1.12 bits per heavy atom. The molecule has 0 bridgehead atoms. The highest BCUT2D eigenvalue weighted by Gasteiger charge is 2.18. The van der Waals surface area contributed by atoms with Gasteiger partial charge in [0.1, 0.15) is 5.82 Å². The molecule has 0 spiro atoms. The maximum absolute atomic E-state index is 14.2. The van der Waals surface area contributed by atoms with Gasteiger partial charge in [0, 0.05) is 5.56 Å². The van der Waals surface area contributed by atoms with Crippen LogP contribution in [0.3, 0.4) is 0 Å². The fraction of sp³-hybridized carbons (Fsp3) is 0.167. The van der Waals surface area contributed by atoms with Gasteiger partial charge in [-0.3, -0.25) is 0 Å². The summed E-state index contributed by atoms with van der Waals surface area (Å²) < 4.78 is 19.4. The fourth-order valence-corrected chi connectivity index (χ4v) is 2.47. The van der Waals surface area contributed by atoms with E-state index in [1.807, 2.05) is 13.8 Å². The van der Waals surface area contributed by atoms with Gasteiger partial charge in [-0.25, -0.2) is 9.18 Å². The lowest BCUT2D eigenvalue weighted by Gasteiger charge is -2.07. The average molecular weight is 326 g/mol. The number of carbonyl (C=O) groups is 1. The summed E-state index contributed by atoms with van der Waals surface area (Å²) in [5.41, 5.74) is 3.04. The van der Waals surface area contributed by atoms with Crippen molar-refractivity contribution in [3.63, 3.8) is 0 Å². The van der Waals surface area contributed by atoms with Crippen LogP contribution in [0.4, 0.5) is 4.39 Å². The molecule has 0 atom stereocenters. The van der Waals surface area contributed by atoms with E-state index in [-0.39, 0.29) is 22.8 Å². The van der Waals surface area contributed by atoms with E-state index in [9.17, 15) is 14.3 Å². The lowest BCUT2D eigenvalue weighted by atomic mass is 9.99. The van der Waals surface area contributed by atoms with Crippen molar-refractivity contribution in [2.45, 2.75) is 20.8 Å². The molecule has 122 valence electrons. The molecule has 0 saturated heterocycles. The number of hydrogen-bond donors (Lipinski definition) is 1. The summed E-state index contributed by atoms with van der Waals surface area (Å²) in [6, 6.07) is 8.00. The van der Waals surface area contributed by atoms with Gasteiger partial charge in [0.25, 0.3) is 5.89 Å². The molecule has 0 aliphatic carbocycles. The zero-order chi connectivity index (χ0) is 17.4. The smallest absolute Gasteiger partial charge is 0.335 e. The van der Waals surface area contributed by atoms with Gasteiger partial charge in [0.05, 0.1) is 11.1 Å². The van der Waals surface area contributed by atoms with E-state index in [1.54, 1.807) is 31.2 Å². The van der Waals surface area contributed by atoms with Crippen molar-refractivity contribution in [1.29, 1.82) is 0 Å². The van der Waals surface area contributed by atoms with Gasteiger partial charge in [0.2, 0.25) is 5.82 Å². The monoisotopic (exact) mass is 326 g/mol. The number of aryl methyl sites for hydroxylation is 2. The van der Waals surface area contributed by atoms with Gasteiger partial charge < -0.3 is 9.63 Å². The van der Waals surface area contributed by atoms with Crippen molar-refractivity contribution in [2.75, 3.05) is 0 Å². The van der Waals surface area contributed by atoms with Gasteiger partial charge in [-0.05, 0) is 55.7 Å². The largest absolute Gasteiger partial charge is 0.478 e. The third-order valence-electron chi connectivity index (χ3n) is 4.00. The third kappa shape index (κ3) is 2.67. The van der Waals surface area contributed by atoms with Gasteiger partial charge in [-0.1, -0.05) is 17.3 Å². The first-order valence-corrected chi connectivity index (χ1v) is 7.32. The molecule has 0 radical (unpaired) electrons. The number of aromatic carboxylic acids is 1. The van der Waals surface area contributed by atoms with E-state index in [0.717, 1.165) is 11.1 Å². The minimum atomic E-state index is -1.03. The van der Waals surface area contributed by atoms with Crippen LogP contribution in [0, 0.1) is 26.6 Å². The van der Waals surface area contributed by atoms with Crippen LogP contribution in [-0.4, -0.2) is 21.2 Å². The van der Waals surface area contributed by atoms with E-state index < -0.39 is 11.8 Å². The van der Waals surface area contributed by atoms with E-state index in [4.69, 9.17) is 4.52 Å². The molecule has 3 aromatic rings. The number of halogens is 1. The Hall–Kier alpha value is -3.02. The molecule has 0 unspecified atom stereocenters. The van der Waals surface area contributed by atoms with Gasteiger partial charge in [-0.2, -0.15) is 4.98 Å². The molecule has 1 N–H and O–H groups in total. The van der Waals surface area contributed by atoms with Gasteiger partial charge in [-0.15, -0.1) is 0 Å². The van der Waals surface area contributed by atoms with E-state index >= 15 is 0 Å².